The molecular weight excluding hydrogens is 203 g/mol. The van der Waals surface area contributed by atoms with Crippen LogP contribution < -0.4 is 51.4 Å². The zero-order valence-electron chi connectivity index (χ0n) is 8.01. The van der Waals surface area contributed by atoms with Gasteiger partial charge in [-0.2, -0.15) is 0 Å². The number of phenolic OH excluding ortho intramolecular Hbond substituents is 2. The summed E-state index contributed by atoms with van der Waals surface area (Å²) < 4.78 is 0. The average Bonchev–Trinajstić information content (AvgIpc) is 1.84. The maximum absolute atomic E-state index is 8.65. The molecule has 0 fully saturated rings. The molecule has 0 radical (unpaired) electrons. The molecule has 13 heavy (non-hydrogen) atoms. The molecule has 0 atom stereocenters. The molecule has 68 valence electrons. The number of carbonyl (C=O) groups is 1. The van der Waals surface area contributed by atoms with E-state index in [9.17, 15) is 0 Å². The van der Waals surface area contributed by atoms with E-state index < -0.39 is 6.16 Å². The molecule has 0 spiro atoms. The van der Waals surface area contributed by atoms with Crippen molar-refractivity contribution in [2.45, 2.75) is 0 Å². The molecule has 6 heteroatoms. The third-order valence-corrected chi connectivity index (χ3v) is 0.830. The first-order chi connectivity index (χ1) is 5.52. The molecule has 0 saturated heterocycles. The van der Waals surface area contributed by atoms with E-state index in [1.54, 1.807) is 6.07 Å². The summed E-state index contributed by atoms with van der Waals surface area (Å²) in [6.45, 7) is 0. The van der Waals surface area contributed by atoms with Crippen LogP contribution in [0.3, 0.4) is 0 Å². The molecule has 0 aliphatic rings. The molecule has 1 aromatic carbocycles. The summed E-state index contributed by atoms with van der Waals surface area (Å²) in [4.78, 5) is 8.56. The molecule has 0 bridgehead atoms. The van der Waals surface area contributed by atoms with Crippen molar-refractivity contribution in [3.63, 3.8) is 0 Å². The van der Waals surface area contributed by atoms with Crippen LogP contribution >= 0.6 is 0 Å². The summed E-state index contributed by atoms with van der Waals surface area (Å²) in [6.07, 6.45) is -1.83. The van der Waals surface area contributed by atoms with Crippen LogP contribution in [0.1, 0.15) is 1.43 Å². The average molecular weight is 212 g/mol. The molecule has 0 heterocycles. The number of benzene rings is 1. The van der Waals surface area contributed by atoms with Gasteiger partial charge in [0.25, 0.3) is 0 Å². The fourth-order valence-electron chi connectivity index (χ4n) is 0.493. The summed E-state index contributed by atoms with van der Waals surface area (Å²) >= 11 is 0. The normalized spacial score (nSPS) is 7.38. The second-order valence-corrected chi connectivity index (χ2v) is 1.80. The smallest absolute Gasteiger partial charge is 1.00 e. The Bertz CT molecular complexity index is 247. The van der Waals surface area contributed by atoms with Crippen molar-refractivity contribution in [1.82, 2.24) is 0 Å². The van der Waals surface area contributed by atoms with Crippen molar-refractivity contribution in [3.8, 4) is 11.5 Å². The van der Waals surface area contributed by atoms with Gasteiger partial charge in [0.05, 0.1) is 0 Å². The third kappa shape index (κ3) is 11.7. The Hall–Kier alpha value is -0.274. The SMILES string of the molecule is O=C(O)O.Oc1cccc(O)c1.[H-].[K+]. The summed E-state index contributed by atoms with van der Waals surface area (Å²) in [5.74, 6) is 0.176. The van der Waals surface area contributed by atoms with Crippen LogP contribution in [0.5, 0.6) is 11.5 Å². The van der Waals surface area contributed by atoms with Gasteiger partial charge in [0.2, 0.25) is 0 Å². The topological polar surface area (TPSA) is 98.0 Å². The first kappa shape index (κ1) is 15.2. The van der Waals surface area contributed by atoms with E-state index in [1.807, 2.05) is 0 Å². The van der Waals surface area contributed by atoms with Crippen LogP contribution in [0.15, 0.2) is 24.3 Å². The Kier molecular flexibility index (Phi) is 9.75. The van der Waals surface area contributed by atoms with Gasteiger partial charge in [0.15, 0.2) is 0 Å². The fraction of sp³-hybridized carbons (Fsp3) is 0. The molecule has 0 aliphatic heterocycles. The quantitative estimate of drug-likeness (QED) is 0.390. The first-order valence-electron chi connectivity index (χ1n) is 2.92. The Labute approximate surface area is 119 Å². The molecule has 0 aromatic heterocycles. The second kappa shape index (κ2) is 8.33. The maximum Gasteiger partial charge on any atom is 1.00 e. The molecule has 1 rings (SSSR count). The van der Waals surface area contributed by atoms with Crippen LogP contribution in [0.4, 0.5) is 4.79 Å². The van der Waals surface area contributed by atoms with Gasteiger partial charge in [-0.25, -0.2) is 4.79 Å². The number of phenols is 2. The van der Waals surface area contributed by atoms with E-state index in [-0.39, 0.29) is 64.3 Å². The standard InChI is InChI=1S/C6H6O2.CH2O3.K.H/c7-5-2-1-3-6(8)4-5;2-1(3)4;;/h1-4,7-8H;(H2,2,3,4);;/q;;+1;-1. The molecule has 0 amide bonds. The van der Waals surface area contributed by atoms with Gasteiger partial charge in [-0.3, -0.25) is 0 Å². The molecule has 0 saturated carbocycles. The van der Waals surface area contributed by atoms with E-state index in [0.29, 0.717) is 0 Å². The van der Waals surface area contributed by atoms with Gasteiger partial charge in [-0.1, -0.05) is 6.07 Å². The van der Waals surface area contributed by atoms with Crippen molar-refractivity contribution in [2.24, 2.45) is 0 Å². The van der Waals surface area contributed by atoms with Crippen LogP contribution in [-0.4, -0.2) is 26.6 Å². The largest absolute Gasteiger partial charge is 1.00 e. The predicted octanol–water partition coefficient (Wildman–Crippen LogP) is -1.56. The van der Waals surface area contributed by atoms with Crippen LogP contribution in [0.2, 0.25) is 0 Å². The zero-order chi connectivity index (χ0) is 9.56. The fourth-order valence-corrected chi connectivity index (χ4v) is 0.493. The Morgan fingerprint density at radius 1 is 1.15 bits per heavy atom. The Morgan fingerprint density at radius 3 is 1.62 bits per heavy atom. The summed E-state index contributed by atoms with van der Waals surface area (Å²) in [5.41, 5.74) is 0. The van der Waals surface area contributed by atoms with Crippen molar-refractivity contribution < 1.29 is 78.0 Å². The van der Waals surface area contributed by atoms with Crippen molar-refractivity contribution in [2.75, 3.05) is 0 Å². The minimum atomic E-state index is -1.83. The summed E-state index contributed by atoms with van der Waals surface area (Å²) in [7, 11) is 0. The van der Waals surface area contributed by atoms with Crippen LogP contribution in [0, 0.1) is 0 Å². The van der Waals surface area contributed by atoms with Gasteiger partial charge < -0.3 is 21.9 Å². The van der Waals surface area contributed by atoms with Gasteiger partial charge in [0.1, 0.15) is 11.5 Å². The number of hydrogen-bond donors (Lipinski definition) is 4. The van der Waals surface area contributed by atoms with Crippen molar-refractivity contribution in [1.29, 1.82) is 0 Å². The van der Waals surface area contributed by atoms with E-state index in [1.165, 1.54) is 18.2 Å². The van der Waals surface area contributed by atoms with Crippen molar-refractivity contribution >= 4 is 6.16 Å². The third-order valence-electron chi connectivity index (χ3n) is 0.830. The number of rotatable bonds is 0. The Balaban J connectivity index is -0.000000180. The maximum atomic E-state index is 8.65. The van der Waals surface area contributed by atoms with Gasteiger partial charge >= 0.3 is 57.5 Å². The Morgan fingerprint density at radius 2 is 1.46 bits per heavy atom. The second-order valence-electron chi connectivity index (χ2n) is 1.80. The zero-order valence-corrected chi connectivity index (χ0v) is 10.1. The van der Waals surface area contributed by atoms with E-state index >= 15 is 0 Å². The van der Waals surface area contributed by atoms with Crippen LogP contribution in [-0.2, 0) is 0 Å². The number of aromatic hydroxyl groups is 2. The molecule has 1 aromatic rings. The van der Waals surface area contributed by atoms with Gasteiger partial charge in [-0.15, -0.1) is 0 Å². The predicted molar refractivity (Wildman–Crippen MR) is 41.5 cm³/mol. The molecular formula is C7H9KO5. The summed E-state index contributed by atoms with van der Waals surface area (Å²) in [6, 6.07) is 5.85. The van der Waals surface area contributed by atoms with E-state index in [0.717, 1.165) is 0 Å². The van der Waals surface area contributed by atoms with E-state index in [4.69, 9.17) is 25.2 Å². The molecule has 0 unspecified atom stereocenters. The number of hydrogen-bond acceptors (Lipinski definition) is 3. The molecule has 4 N–H and O–H groups in total. The minimum Gasteiger partial charge on any atom is -1.00 e. The van der Waals surface area contributed by atoms with Crippen molar-refractivity contribution in [3.05, 3.63) is 24.3 Å². The monoisotopic (exact) mass is 212 g/mol. The summed E-state index contributed by atoms with van der Waals surface area (Å²) in [5, 5.41) is 31.3. The van der Waals surface area contributed by atoms with Crippen LogP contribution in [0.25, 0.3) is 0 Å². The van der Waals surface area contributed by atoms with E-state index in [2.05, 4.69) is 0 Å². The first-order valence-corrected chi connectivity index (χ1v) is 2.92. The minimum absolute atomic E-state index is 0. The molecule has 5 nitrogen and oxygen atoms in total. The number of carboxylic acid groups (broad SMARTS) is 2. The van der Waals surface area contributed by atoms with Gasteiger partial charge in [-0.05, 0) is 12.1 Å². The molecule has 0 aliphatic carbocycles. The van der Waals surface area contributed by atoms with Gasteiger partial charge in [0, 0.05) is 6.07 Å².